The number of Topliss-reactive ketones (excluding diaryl/α,β-unsaturated/α-hetero) is 3. The van der Waals surface area contributed by atoms with E-state index in [1.54, 1.807) is 44.7 Å². The Morgan fingerprint density at radius 1 is 0.905 bits per heavy atom. The van der Waals surface area contributed by atoms with Crippen LogP contribution in [0.5, 0.6) is 11.5 Å². The van der Waals surface area contributed by atoms with Gasteiger partial charge in [0.1, 0.15) is 40.9 Å². The SMILES string of the molecule is CO[C@H]1C=CO[C@@]2(C)Oc3c(C)c(O)c4c(c3C2=O)C(=O)C(N2CCN(c3ccc(N5C[C@H](CNC(C)=O)OC5=O)cc3F)CC2)=C(NC(=O)C(C)=CC=C[C@H](C)[C@H](O)[C@@H](C)[C@@H](O)[C@@H](C)[C@H](OC(C)=O)[C@@H]1C)C4=O. The van der Waals surface area contributed by atoms with Crippen LogP contribution >= 0.6 is 0 Å². The minimum Gasteiger partial charge on any atom is -0.507 e. The number of aliphatic hydroxyl groups is 2. The molecule has 5 bridgehead atoms. The molecule has 10 atom stereocenters. The van der Waals surface area contributed by atoms with Gasteiger partial charge in [0.15, 0.2) is 0 Å². The van der Waals surface area contributed by atoms with Gasteiger partial charge in [0.05, 0.1) is 65.7 Å². The van der Waals surface area contributed by atoms with Crippen LogP contribution in [0.1, 0.15) is 92.0 Å². The molecule has 5 N–H and O–H groups in total. The fourth-order valence-electron chi connectivity index (χ4n) is 10.2. The number of phenolic OH excluding ortho intramolecular Hbond substituents is 1. The number of allylic oxidation sites excluding steroid dienone is 4. The standard InChI is InChI=1S/C53H64FN5O15/c1-25-12-11-13-26(2)51(68)56-41-42(58-19-17-57(18-20-58)36-15-14-33(22-35(36)54)59-24-34(73-52(59)69)23-55-31(7)60)47(66)38-39(46(41)65)45(64)30(6)49-40(38)50(67)53(9,74-49)71-21-16-37(70-10)27(3)48(72-32(8)61)29(5)44(63)28(4)43(25)62/h11-16,21-22,25,27-29,34,37,43-44,48,62-64H,17-20,23-24H2,1-10H3,(H,55,60)(H,56,68)/t25-,27+,28+,29+,34-,37-,43-,44+,48+,53-/m0/s1. The first-order chi connectivity index (χ1) is 34.9. The van der Waals surface area contributed by atoms with Crippen LogP contribution in [-0.4, -0.2) is 144 Å². The summed E-state index contributed by atoms with van der Waals surface area (Å²) in [4.78, 5) is 99.9. The summed E-state index contributed by atoms with van der Waals surface area (Å²) in [6.45, 7) is 13.8. The number of cyclic esters (lactones) is 1. The molecule has 0 unspecified atom stereocenters. The lowest BCUT2D eigenvalue weighted by Crippen LogP contribution is -2.50. The van der Waals surface area contributed by atoms with E-state index in [2.05, 4.69) is 10.6 Å². The number of rotatable bonds is 7. The maximum atomic E-state index is 16.0. The van der Waals surface area contributed by atoms with Crippen molar-refractivity contribution in [2.45, 2.75) is 98.6 Å². The third kappa shape index (κ3) is 10.5. The molecule has 2 aromatic carbocycles. The molecule has 5 aliphatic heterocycles. The monoisotopic (exact) mass is 1030 g/mol. The Kier molecular flexibility index (Phi) is 16.1. The molecule has 20 nitrogen and oxygen atoms in total. The number of aromatic hydroxyl groups is 1. The molecule has 0 aromatic heterocycles. The second-order valence-electron chi connectivity index (χ2n) is 19.7. The first-order valence-electron chi connectivity index (χ1n) is 24.5. The molecule has 0 radical (unpaired) electrons. The van der Waals surface area contributed by atoms with Crippen molar-refractivity contribution in [3.8, 4) is 11.5 Å². The normalized spacial score (nSPS) is 28.9. The van der Waals surface area contributed by atoms with Crippen LogP contribution in [0.15, 0.2) is 65.7 Å². The Hall–Kier alpha value is -7.10. The van der Waals surface area contributed by atoms with Crippen LogP contribution in [0.4, 0.5) is 20.6 Å². The van der Waals surface area contributed by atoms with Crippen LogP contribution in [0.25, 0.3) is 0 Å². The number of nitrogens with one attached hydrogen (secondary N) is 2. The summed E-state index contributed by atoms with van der Waals surface area (Å²) in [5.74, 6) is -10.9. The molecule has 5 heterocycles. The fraction of sp³-hybridized carbons (Fsp3) is 0.491. The number of amides is 3. The molecule has 6 aliphatic rings. The van der Waals surface area contributed by atoms with Crippen LogP contribution in [0.3, 0.4) is 0 Å². The van der Waals surface area contributed by atoms with Gasteiger partial charge in [-0.05, 0) is 38.1 Å². The van der Waals surface area contributed by atoms with Gasteiger partial charge in [0.25, 0.3) is 11.7 Å². The number of benzene rings is 2. The number of esters is 1. The van der Waals surface area contributed by atoms with E-state index in [1.165, 1.54) is 81.9 Å². The van der Waals surface area contributed by atoms with Crippen molar-refractivity contribution < 1.29 is 77.0 Å². The van der Waals surface area contributed by atoms with Crippen molar-refractivity contribution in [3.05, 3.63) is 93.8 Å². The highest BCUT2D eigenvalue weighted by molar-refractivity contribution is 6.32. The molecule has 0 saturated carbocycles. The number of phenols is 1. The lowest BCUT2D eigenvalue weighted by Gasteiger charge is -2.40. The summed E-state index contributed by atoms with van der Waals surface area (Å²) in [5.41, 5.74) is -1.72. The number of hydrogen-bond donors (Lipinski definition) is 5. The van der Waals surface area contributed by atoms with E-state index in [9.17, 15) is 44.1 Å². The topological polar surface area (TPSA) is 260 Å². The van der Waals surface area contributed by atoms with Crippen molar-refractivity contribution in [3.63, 3.8) is 0 Å². The van der Waals surface area contributed by atoms with Gasteiger partial charge in [-0.3, -0.25) is 33.7 Å². The van der Waals surface area contributed by atoms with Crippen molar-refractivity contribution >= 4 is 52.6 Å². The highest BCUT2D eigenvalue weighted by Gasteiger charge is 2.53. The average molecular weight is 1030 g/mol. The van der Waals surface area contributed by atoms with Crippen molar-refractivity contribution in [2.24, 2.45) is 23.7 Å². The van der Waals surface area contributed by atoms with E-state index in [1.807, 2.05) is 0 Å². The summed E-state index contributed by atoms with van der Waals surface area (Å²) < 4.78 is 45.0. The van der Waals surface area contributed by atoms with E-state index >= 15 is 9.18 Å². The van der Waals surface area contributed by atoms with Crippen molar-refractivity contribution in [1.82, 2.24) is 15.5 Å². The molecule has 1 aliphatic carbocycles. The number of methoxy groups -OCH3 is 1. The number of halogens is 1. The first-order valence-corrected chi connectivity index (χ1v) is 24.5. The fourth-order valence-corrected chi connectivity index (χ4v) is 10.2. The highest BCUT2D eigenvalue weighted by Crippen LogP contribution is 2.49. The Balaban J connectivity index is 1.25. The number of aliphatic hydroxyl groups excluding tert-OH is 2. The van der Waals surface area contributed by atoms with Gasteiger partial charge in [0.2, 0.25) is 17.5 Å². The number of fused-ring (bicyclic) bond motifs is 14. The van der Waals surface area contributed by atoms with Crippen LogP contribution < -0.4 is 25.2 Å². The van der Waals surface area contributed by atoms with E-state index in [4.69, 9.17) is 23.7 Å². The molecule has 2 fully saturated rings. The van der Waals surface area contributed by atoms with Crippen LogP contribution in [0, 0.1) is 36.4 Å². The third-order valence-electron chi connectivity index (χ3n) is 14.6. The zero-order valence-electron chi connectivity index (χ0n) is 43.0. The van der Waals surface area contributed by atoms with E-state index in [0.29, 0.717) is 0 Å². The van der Waals surface area contributed by atoms with Gasteiger partial charge in [0, 0.05) is 88.9 Å². The lowest BCUT2D eigenvalue weighted by molar-refractivity contribution is -0.160. The quantitative estimate of drug-likeness (QED) is 0.241. The molecule has 2 aromatic rings. The molecule has 2 saturated heterocycles. The van der Waals surface area contributed by atoms with Gasteiger partial charge in [-0.15, -0.1) is 0 Å². The lowest BCUT2D eigenvalue weighted by atomic mass is 9.78. The molecular formula is C53H64FN5O15. The molecule has 21 heteroatoms. The average Bonchev–Trinajstić information content (AvgIpc) is 3.87. The highest BCUT2D eigenvalue weighted by atomic mass is 19.1. The maximum Gasteiger partial charge on any atom is 0.414 e. The Morgan fingerprint density at radius 3 is 2.22 bits per heavy atom. The van der Waals surface area contributed by atoms with Crippen LogP contribution in [0.2, 0.25) is 0 Å². The number of anilines is 2. The van der Waals surface area contributed by atoms with Gasteiger partial charge in [-0.2, -0.15) is 0 Å². The molecule has 0 spiro atoms. The largest absolute Gasteiger partial charge is 0.507 e. The number of carbonyl (C=O) groups is 7. The van der Waals surface area contributed by atoms with Crippen LogP contribution in [-0.2, 0) is 33.3 Å². The summed E-state index contributed by atoms with van der Waals surface area (Å²) in [7, 11) is 1.40. The predicted octanol–water partition coefficient (Wildman–Crippen LogP) is 4.38. The molecule has 3 amide bonds. The summed E-state index contributed by atoms with van der Waals surface area (Å²) in [6.07, 6.45) is 1.70. The number of carbonyl (C=O) groups excluding carboxylic acids is 7. The summed E-state index contributed by atoms with van der Waals surface area (Å²) >= 11 is 0. The molecule has 74 heavy (non-hydrogen) atoms. The predicted molar refractivity (Wildman–Crippen MR) is 265 cm³/mol. The molecular weight excluding hydrogens is 966 g/mol. The first kappa shape index (κ1) is 54.7. The van der Waals surface area contributed by atoms with Gasteiger partial charge < -0.3 is 59.4 Å². The zero-order chi connectivity index (χ0) is 54.2. The number of ether oxygens (including phenoxy) is 5. The second-order valence-corrected chi connectivity index (χ2v) is 19.7. The summed E-state index contributed by atoms with van der Waals surface area (Å²) in [6, 6.07) is 4.24. The van der Waals surface area contributed by atoms with E-state index < -0.39 is 124 Å². The molecule has 8 rings (SSSR count). The minimum atomic E-state index is -2.17. The third-order valence-corrected chi connectivity index (χ3v) is 14.6. The van der Waals surface area contributed by atoms with Crippen molar-refractivity contribution in [2.75, 3.05) is 56.2 Å². The Morgan fingerprint density at radius 2 is 1.58 bits per heavy atom. The molecule has 398 valence electrons. The summed E-state index contributed by atoms with van der Waals surface area (Å²) in [5, 5.41) is 40.0. The van der Waals surface area contributed by atoms with E-state index in [0.717, 1.165) is 6.26 Å². The van der Waals surface area contributed by atoms with Gasteiger partial charge >= 0.3 is 17.8 Å². The Bertz CT molecular complexity index is 2760. The second kappa shape index (κ2) is 21.8. The maximum absolute atomic E-state index is 16.0. The van der Waals surface area contributed by atoms with E-state index in [-0.39, 0.29) is 84.7 Å². The minimum absolute atomic E-state index is 0.00922. The Labute approximate surface area is 427 Å². The number of hydrogen-bond acceptors (Lipinski definition) is 17. The van der Waals surface area contributed by atoms with Crippen molar-refractivity contribution in [1.29, 1.82) is 0 Å². The smallest absolute Gasteiger partial charge is 0.414 e. The number of piperazine rings is 1. The number of nitrogens with zero attached hydrogens (tertiary/aromatic N) is 3. The number of ketones is 3. The van der Waals surface area contributed by atoms with Gasteiger partial charge in [-0.1, -0.05) is 45.9 Å². The van der Waals surface area contributed by atoms with Gasteiger partial charge in [-0.25, -0.2) is 9.18 Å². The zero-order valence-corrected chi connectivity index (χ0v) is 43.0.